The zero-order valence-corrected chi connectivity index (χ0v) is 11.7. The Bertz CT molecular complexity index is 472. The van der Waals surface area contributed by atoms with Crippen LogP contribution >= 0.6 is 11.3 Å². The van der Waals surface area contributed by atoms with E-state index in [9.17, 15) is 0 Å². The molecule has 0 nitrogen and oxygen atoms in total. The van der Waals surface area contributed by atoms with Crippen LogP contribution in [0.3, 0.4) is 0 Å². The highest BCUT2D eigenvalue weighted by Gasteiger charge is 2.16. The summed E-state index contributed by atoms with van der Waals surface area (Å²) in [6.07, 6.45) is 13.5. The molecule has 0 spiro atoms. The van der Waals surface area contributed by atoms with Gasteiger partial charge in [0.1, 0.15) is 0 Å². The molecule has 0 N–H and O–H groups in total. The van der Waals surface area contributed by atoms with E-state index in [1.54, 1.807) is 4.88 Å². The smallest absolute Gasteiger partial charge is 0.0348 e. The third-order valence-corrected chi connectivity index (χ3v) is 4.59. The van der Waals surface area contributed by atoms with Crippen LogP contribution in [-0.4, -0.2) is 0 Å². The van der Waals surface area contributed by atoms with Crippen LogP contribution in [0.4, 0.5) is 0 Å². The molecule has 1 heteroatoms. The monoisotopic (exact) mass is 244 g/mol. The van der Waals surface area contributed by atoms with E-state index in [4.69, 9.17) is 0 Å². The fraction of sp³-hybridized carbons (Fsp3) is 0.375. The van der Waals surface area contributed by atoms with E-state index in [0.29, 0.717) is 5.92 Å². The Kier molecular flexibility index (Phi) is 4.01. The van der Waals surface area contributed by atoms with Gasteiger partial charge in [-0.3, -0.25) is 0 Å². The van der Waals surface area contributed by atoms with Crippen molar-refractivity contribution >= 4 is 23.0 Å². The normalized spacial score (nSPS) is 19.9. The molecule has 0 radical (unpaired) electrons. The zero-order valence-electron chi connectivity index (χ0n) is 10.9. The number of fused-ring (bicyclic) bond motifs is 1. The highest BCUT2D eigenvalue weighted by atomic mass is 32.1. The van der Waals surface area contributed by atoms with Crippen molar-refractivity contribution in [3.63, 3.8) is 0 Å². The van der Waals surface area contributed by atoms with E-state index >= 15 is 0 Å². The van der Waals surface area contributed by atoms with Crippen LogP contribution in [0.25, 0.3) is 11.6 Å². The number of rotatable bonds is 3. The van der Waals surface area contributed by atoms with Gasteiger partial charge in [-0.1, -0.05) is 44.2 Å². The summed E-state index contributed by atoms with van der Waals surface area (Å²) in [5.74, 6) is 0.682. The minimum absolute atomic E-state index is 0.682. The molecule has 90 valence electrons. The maximum Gasteiger partial charge on any atom is 0.0348 e. The summed E-state index contributed by atoms with van der Waals surface area (Å²) in [6, 6.07) is 2.33. The molecular weight excluding hydrogens is 224 g/mol. The van der Waals surface area contributed by atoms with Crippen molar-refractivity contribution in [1.82, 2.24) is 0 Å². The molecule has 0 amide bonds. The van der Waals surface area contributed by atoms with E-state index in [1.165, 1.54) is 22.4 Å². The summed E-state index contributed by atoms with van der Waals surface area (Å²) in [4.78, 5) is 2.95. The lowest BCUT2D eigenvalue weighted by atomic mass is 9.96. The lowest BCUT2D eigenvalue weighted by molar-refractivity contribution is 0.790. The van der Waals surface area contributed by atoms with Gasteiger partial charge in [-0.15, -0.1) is 11.3 Å². The van der Waals surface area contributed by atoms with Crippen LogP contribution in [0.2, 0.25) is 0 Å². The Hall–Kier alpha value is -1.08. The van der Waals surface area contributed by atoms with E-state index < -0.39 is 0 Å². The van der Waals surface area contributed by atoms with Gasteiger partial charge in [0.05, 0.1) is 0 Å². The first-order chi connectivity index (χ1) is 8.26. The van der Waals surface area contributed by atoms with Crippen molar-refractivity contribution in [3.05, 3.63) is 45.7 Å². The molecule has 1 atom stereocenters. The van der Waals surface area contributed by atoms with Crippen molar-refractivity contribution < 1.29 is 0 Å². The van der Waals surface area contributed by atoms with Crippen LogP contribution in [0.1, 0.15) is 54.8 Å². The Morgan fingerprint density at radius 3 is 3.00 bits per heavy atom. The lowest BCUT2D eigenvalue weighted by Gasteiger charge is -2.11. The second kappa shape index (κ2) is 5.50. The number of thiophene rings is 1. The van der Waals surface area contributed by atoms with Gasteiger partial charge >= 0.3 is 0 Å². The van der Waals surface area contributed by atoms with Crippen molar-refractivity contribution in [3.8, 4) is 0 Å². The van der Waals surface area contributed by atoms with Gasteiger partial charge in [0.2, 0.25) is 0 Å². The topological polar surface area (TPSA) is 0 Å². The molecule has 1 aliphatic rings. The second-order valence-electron chi connectivity index (χ2n) is 4.52. The molecule has 0 fully saturated rings. The highest BCUT2D eigenvalue weighted by Crippen LogP contribution is 2.38. The minimum atomic E-state index is 0.682. The Morgan fingerprint density at radius 1 is 1.53 bits per heavy atom. The van der Waals surface area contributed by atoms with Crippen molar-refractivity contribution in [2.24, 2.45) is 0 Å². The van der Waals surface area contributed by atoms with Gasteiger partial charge in [0, 0.05) is 9.75 Å². The highest BCUT2D eigenvalue weighted by molar-refractivity contribution is 7.13. The van der Waals surface area contributed by atoms with Crippen LogP contribution in [0, 0.1) is 0 Å². The number of hydrogen-bond acceptors (Lipinski definition) is 1. The summed E-state index contributed by atoms with van der Waals surface area (Å²) >= 11 is 1.96. The third-order valence-electron chi connectivity index (χ3n) is 3.15. The van der Waals surface area contributed by atoms with Gasteiger partial charge < -0.3 is 0 Å². The summed E-state index contributed by atoms with van der Waals surface area (Å²) in [5, 5.41) is 0. The zero-order chi connectivity index (χ0) is 12.3. The van der Waals surface area contributed by atoms with Gasteiger partial charge in [-0.2, -0.15) is 0 Å². The van der Waals surface area contributed by atoms with Crippen molar-refractivity contribution in [2.45, 2.75) is 39.5 Å². The largest absolute Gasteiger partial charge is 0.139 e. The van der Waals surface area contributed by atoms with Crippen LogP contribution in [-0.2, 0) is 0 Å². The second-order valence-corrected chi connectivity index (χ2v) is 5.61. The molecule has 0 saturated heterocycles. The summed E-state index contributed by atoms with van der Waals surface area (Å²) in [5.41, 5.74) is 2.78. The average molecular weight is 244 g/mol. The Morgan fingerprint density at radius 2 is 2.35 bits per heavy atom. The molecule has 0 saturated carbocycles. The maximum absolute atomic E-state index is 2.33. The SMILES string of the molecule is C/C=C(\C=C/CC)c1cc2c(s1)C(C)CC=C2. The molecule has 1 aromatic heterocycles. The van der Waals surface area contributed by atoms with E-state index in [0.717, 1.165) is 6.42 Å². The summed E-state index contributed by atoms with van der Waals surface area (Å²) < 4.78 is 0. The molecule has 17 heavy (non-hydrogen) atoms. The van der Waals surface area contributed by atoms with Crippen molar-refractivity contribution in [2.75, 3.05) is 0 Å². The van der Waals surface area contributed by atoms with E-state index in [2.05, 4.69) is 57.2 Å². The average Bonchev–Trinajstić information content (AvgIpc) is 2.75. The van der Waals surface area contributed by atoms with Gasteiger partial charge in [-0.05, 0) is 42.9 Å². The Labute approximate surface area is 108 Å². The van der Waals surface area contributed by atoms with E-state index in [-0.39, 0.29) is 0 Å². The lowest BCUT2D eigenvalue weighted by Crippen LogP contribution is -1.93. The predicted molar refractivity (Wildman–Crippen MR) is 79.5 cm³/mol. The fourth-order valence-electron chi connectivity index (χ4n) is 2.15. The minimum Gasteiger partial charge on any atom is -0.139 e. The molecular formula is C16H20S. The summed E-state index contributed by atoms with van der Waals surface area (Å²) in [7, 11) is 0. The van der Waals surface area contributed by atoms with E-state index in [1.807, 2.05) is 11.3 Å². The molecule has 1 aromatic rings. The van der Waals surface area contributed by atoms with Crippen LogP contribution in [0.15, 0.2) is 30.4 Å². The van der Waals surface area contributed by atoms with Gasteiger partial charge in [-0.25, -0.2) is 0 Å². The van der Waals surface area contributed by atoms with Crippen molar-refractivity contribution in [1.29, 1.82) is 0 Å². The molecule has 1 heterocycles. The molecule has 1 aliphatic carbocycles. The Balaban J connectivity index is 2.34. The standard InChI is InChI=1S/C16H20S/c1-4-6-9-13(5-2)15-11-14-10-7-8-12(3)16(14)17-15/h5-7,9-12H,4,8H2,1-3H3/b9-6-,13-5+. The molecule has 0 aromatic carbocycles. The van der Waals surface area contributed by atoms with Gasteiger partial charge in [0.15, 0.2) is 0 Å². The first-order valence-corrected chi connectivity index (χ1v) is 7.21. The first kappa shape index (κ1) is 12.4. The quantitative estimate of drug-likeness (QED) is 0.604. The first-order valence-electron chi connectivity index (χ1n) is 6.39. The van der Waals surface area contributed by atoms with Crippen LogP contribution < -0.4 is 0 Å². The third kappa shape index (κ3) is 2.61. The predicted octanol–water partition coefficient (Wildman–Crippen LogP) is 5.64. The molecule has 0 bridgehead atoms. The number of allylic oxidation sites excluding steroid dienone is 5. The fourth-order valence-corrected chi connectivity index (χ4v) is 3.42. The summed E-state index contributed by atoms with van der Waals surface area (Å²) in [6.45, 7) is 6.61. The molecule has 0 aliphatic heterocycles. The van der Waals surface area contributed by atoms with Crippen LogP contribution in [0.5, 0.6) is 0 Å². The molecule has 2 rings (SSSR count). The number of hydrogen-bond donors (Lipinski definition) is 0. The maximum atomic E-state index is 2.33. The van der Waals surface area contributed by atoms with Gasteiger partial charge in [0.25, 0.3) is 0 Å². The molecule has 1 unspecified atom stereocenters.